The molecule has 0 heterocycles. The van der Waals surface area contributed by atoms with Crippen LogP contribution in [-0.2, 0) is 14.4 Å². The van der Waals surface area contributed by atoms with Crippen molar-refractivity contribution in [3.63, 3.8) is 0 Å². The summed E-state index contributed by atoms with van der Waals surface area (Å²) in [4.78, 5) is 26.9. The molecule has 7 nitrogen and oxygen atoms in total. The normalized spacial score (nSPS) is 12.3. The van der Waals surface area contributed by atoms with E-state index in [0.29, 0.717) is 0 Å². The molecule has 0 spiro atoms. The molecule has 0 aliphatic carbocycles. The molecular weight excluding hydrogens is 226 g/mol. The number of rotatable bonds is 5. The minimum absolute atomic E-state index is 0.0620. The number of amides is 2. The van der Waals surface area contributed by atoms with Crippen LogP contribution in [0.5, 0.6) is 0 Å². The molecule has 0 rings (SSSR count). The van der Waals surface area contributed by atoms with Crippen molar-refractivity contribution in [1.82, 2.24) is 5.32 Å². The number of hydrogen-bond acceptors (Lipinski definition) is 5. The zero-order valence-electron chi connectivity index (χ0n) is 10.3. The molecule has 96 valence electrons. The van der Waals surface area contributed by atoms with Crippen LogP contribution in [-0.4, -0.2) is 30.9 Å². The first-order chi connectivity index (χ1) is 7.88. The summed E-state index contributed by atoms with van der Waals surface area (Å²) in [6.45, 7) is 5.13. The Kier molecular flexibility index (Phi) is 6.39. The standard InChI is InChI=1S/C10H17N3O4/c1-6(2)17-13-7(3)8(9(14)16-4)5-12-10(11)15/h5-6H,1-4H3,(H3,11,12,15). The molecule has 17 heavy (non-hydrogen) atoms. The van der Waals surface area contributed by atoms with Crippen molar-refractivity contribution in [2.45, 2.75) is 26.9 Å². The van der Waals surface area contributed by atoms with Crippen LogP contribution in [0.1, 0.15) is 20.8 Å². The van der Waals surface area contributed by atoms with Gasteiger partial charge in [-0.05, 0) is 20.8 Å². The summed E-state index contributed by atoms with van der Waals surface area (Å²) in [7, 11) is 1.22. The summed E-state index contributed by atoms with van der Waals surface area (Å²) in [5, 5.41) is 5.90. The summed E-state index contributed by atoms with van der Waals surface area (Å²) in [5.74, 6) is -0.646. The number of hydrogen-bond donors (Lipinski definition) is 2. The summed E-state index contributed by atoms with van der Waals surface area (Å²) in [6, 6.07) is -0.788. The van der Waals surface area contributed by atoms with Crippen molar-refractivity contribution in [2.24, 2.45) is 10.9 Å². The van der Waals surface area contributed by atoms with Crippen molar-refractivity contribution >= 4 is 17.7 Å². The molecule has 7 heteroatoms. The average Bonchev–Trinajstić information content (AvgIpc) is 2.25. The number of methoxy groups -OCH3 is 1. The summed E-state index contributed by atoms with van der Waals surface area (Å²) >= 11 is 0. The molecule has 0 fully saturated rings. The van der Waals surface area contributed by atoms with Crippen LogP contribution in [0.4, 0.5) is 4.79 Å². The highest BCUT2D eigenvalue weighted by Gasteiger charge is 2.14. The summed E-state index contributed by atoms with van der Waals surface area (Å²) in [5.41, 5.74) is 5.23. The van der Waals surface area contributed by atoms with E-state index in [2.05, 4.69) is 15.2 Å². The van der Waals surface area contributed by atoms with Gasteiger partial charge in [0.1, 0.15) is 11.7 Å². The van der Waals surface area contributed by atoms with Gasteiger partial charge < -0.3 is 20.6 Å². The van der Waals surface area contributed by atoms with Crippen LogP contribution in [0.25, 0.3) is 0 Å². The molecule has 0 bridgehead atoms. The number of oxime groups is 1. The SMILES string of the molecule is COC(=O)C(=CNC(N)=O)C(C)=NOC(C)C. The lowest BCUT2D eigenvalue weighted by Gasteiger charge is -2.07. The number of carbonyl (C=O) groups excluding carboxylic acids is 2. The van der Waals surface area contributed by atoms with E-state index in [1.165, 1.54) is 7.11 Å². The van der Waals surface area contributed by atoms with Crippen LogP contribution in [0.15, 0.2) is 16.9 Å². The van der Waals surface area contributed by atoms with Gasteiger partial charge >= 0.3 is 12.0 Å². The van der Waals surface area contributed by atoms with E-state index in [0.717, 1.165) is 6.20 Å². The Balaban J connectivity index is 4.91. The molecule has 0 saturated heterocycles. The van der Waals surface area contributed by atoms with Gasteiger partial charge in [-0.25, -0.2) is 9.59 Å². The van der Waals surface area contributed by atoms with Gasteiger partial charge in [-0.2, -0.15) is 0 Å². The largest absolute Gasteiger partial charge is 0.465 e. The maximum Gasteiger partial charge on any atom is 0.341 e. The first-order valence-electron chi connectivity index (χ1n) is 4.93. The van der Waals surface area contributed by atoms with Gasteiger partial charge in [0, 0.05) is 6.20 Å². The van der Waals surface area contributed by atoms with E-state index in [4.69, 9.17) is 10.6 Å². The van der Waals surface area contributed by atoms with Gasteiger partial charge in [0.05, 0.1) is 12.8 Å². The van der Waals surface area contributed by atoms with Gasteiger partial charge in [-0.15, -0.1) is 0 Å². The van der Waals surface area contributed by atoms with E-state index in [-0.39, 0.29) is 17.4 Å². The third-order valence-corrected chi connectivity index (χ3v) is 1.55. The lowest BCUT2D eigenvalue weighted by molar-refractivity contribution is -0.135. The zero-order valence-corrected chi connectivity index (χ0v) is 10.3. The van der Waals surface area contributed by atoms with Gasteiger partial charge in [0.15, 0.2) is 0 Å². The van der Waals surface area contributed by atoms with E-state index in [9.17, 15) is 9.59 Å². The number of esters is 1. The minimum Gasteiger partial charge on any atom is -0.465 e. The van der Waals surface area contributed by atoms with E-state index >= 15 is 0 Å². The first-order valence-corrected chi connectivity index (χ1v) is 4.93. The summed E-state index contributed by atoms with van der Waals surface area (Å²) in [6.07, 6.45) is 1.00. The molecule has 3 N–H and O–H groups in total. The van der Waals surface area contributed by atoms with Crippen LogP contribution >= 0.6 is 0 Å². The fourth-order valence-electron chi connectivity index (χ4n) is 0.798. The van der Waals surface area contributed by atoms with Crippen LogP contribution in [0, 0.1) is 0 Å². The zero-order chi connectivity index (χ0) is 13.4. The fraction of sp³-hybridized carbons (Fsp3) is 0.500. The van der Waals surface area contributed by atoms with Crippen molar-refractivity contribution in [3.05, 3.63) is 11.8 Å². The second kappa shape index (κ2) is 7.26. The molecule has 0 aromatic heterocycles. The number of primary amides is 1. The smallest absolute Gasteiger partial charge is 0.341 e. The van der Waals surface area contributed by atoms with E-state index in [1.807, 2.05) is 0 Å². The second-order valence-electron chi connectivity index (χ2n) is 3.39. The number of nitrogens with zero attached hydrogens (tertiary/aromatic N) is 1. The Morgan fingerprint density at radius 3 is 2.41 bits per heavy atom. The Hall–Kier alpha value is -2.05. The van der Waals surface area contributed by atoms with Gasteiger partial charge in [-0.1, -0.05) is 5.16 Å². The number of carbonyl (C=O) groups is 2. The third-order valence-electron chi connectivity index (χ3n) is 1.55. The molecule has 0 unspecified atom stereocenters. The second-order valence-corrected chi connectivity index (χ2v) is 3.39. The molecule has 0 aromatic rings. The molecule has 0 atom stereocenters. The highest BCUT2D eigenvalue weighted by molar-refractivity contribution is 6.18. The lowest BCUT2D eigenvalue weighted by atomic mass is 10.2. The molecule has 0 radical (unpaired) electrons. The third kappa shape index (κ3) is 6.18. The Labute approximate surface area is 99.6 Å². The van der Waals surface area contributed by atoms with Gasteiger partial charge in [0.2, 0.25) is 0 Å². The van der Waals surface area contributed by atoms with Crippen LogP contribution in [0.2, 0.25) is 0 Å². The summed E-state index contributed by atoms with van der Waals surface area (Å²) < 4.78 is 4.54. The Morgan fingerprint density at radius 2 is 2.00 bits per heavy atom. The quantitative estimate of drug-likeness (QED) is 0.318. The van der Waals surface area contributed by atoms with Gasteiger partial charge in [-0.3, -0.25) is 0 Å². The number of ether oxygens (including phenoxy) is 1. The van der Waals surface area contributed by atoms with Crippen molar-refractivity contribution < 1.29 is 19.2 Å². The maximum atomic E-state index is 11.4. The molecule has 0 aliphatic rings. The highest BCUT2D eigenvalue weighted by atomic mass is 16.6. The molecule has 0 aliphatic heterocycles. The Bertz CT molecular complexity index is 347. The molecular formula is C10H17N3O4. The Morgan fingerprint density at radius 1 is 1.41 bits per heavy atom. The van der Waals surface area contributed by atoms with Gasteiger partial charge in [0.25, 0.3) is 0 Å². The fourth-order valence-corrected chi connectivity index (χ4v) is 0.798. The predicted octanol–water partition coefficient (Wildman–Crippen LogP) is 0.512. The van der Waals surface area contributed by atoms with Crippen LogP contribution < -0.4 is 11.1 Å². The van der Waals surface area contributed by atoms with E-state index < -0.39 is 12.0 Å². The topological polar surface area (TPSA) is 103 Å². The average molecular weight is 243 g/mol. The predicted molar refractivity (Wildman–Crippen MR) is 62.1 cm³/mol. The molecule has 0 aromatic carbocycles. The lowest BCUT2D eigenvalue weighted by Crippen LogP contribution is -2.26. The number of nitrogens with two attached hydrogens (primary N) is 1. The highest BCUT2D eigenvalue weighted by Crippen LogP contribution is 2.02. The maximum absolute atomic E-state index is 11.4. The molecule has 2 amide bonds. The monoisotopic (exact) mass is 243 g/mol. The van der Waals surface area contributed by atoms with E-state index in [1.54, 1.807) is 20.8 Å². The van der Waals surface area contributed by atoms with Crippen molar-refractivity contribution in [3.8, 4) is 0 Å². The van der Waals surface area contributed by atoms with Crippen molar-refractivity contribution in [2.75, 3.05) is 7.11 Å². The molecule has 0 saturated carbocycles. The number of nitrogens with one attached hydrogen (secondary N) is 1. The number of urea groups is 1. The minimum atomic E-state index is -0.788. The first kappa shape index (κ1) is 14.9. The van der Waals surface area contributed by atoms with Crippen molar-refractivity contribution in [1.29, 1.82) is 0 Å². The van der Waals surface area contributed by atoms with Crippen LogP contribution in [0.3, 0.4) is 0 Å².